The molecule has 2 fully saturated rings. The second-order valence-corrected chi connectivity index (χ2v) is 11.6. The van der Waals surface area contributed by atoms with Crippen LogP contribution in [-0.2, 0) is 14.6 Å². The van der Waals surface area contributed by atoms with Crippen LogP contribution in [0, 0.1) is 6.92 Å². The van der Waals surface area contributed by atoms with Gasteiger partial charge in [-0.2, -0.15) is 16.9 Å². The monoisotopic (exact) mass is 469 g/mol. The van der Waals surface area contributed by atoms with Gasteiger partial charge in [-0.15, -0.1) is 0 Å². The number of carbonyl (C=O) groups is 1. The molecule has 1 aromatic carbocycles. The molecule has 2 atom stereocenters. The van der Waals surface area contributed by atoms with Crippen LogP contribution in [0.15, 0.2) is 35.2 Å². The zero-order valence-electron chi connectivity index (χ0n) is 16.6. The summed E-state index contributed by atoms with van der Waals surface area (Å²) >= 11 is 8.05. The minimum atomic E-state index is -3.78. The summed E-state index contributed by atoms with van der Waals surface area (Å²) in [6.07, 6.45) is 1.94. The van der Waals surface area contributed by atoms with Crippen LogP contribution in [0.5, 0.6) is 0 Å². The topological polar surface area (TPSA) is 92.5 Å². The first-order chi connectivity index (χ1) is 14.3. The molecular formula is C20H24ClN3O4S2. The largest absolute Gasteiger partial charge is 0.480 e. The van der Waals surface area contributed by atoms with Gasteiger partial charge in [0.2, 0.25) is 0 Å². The summed E-state index contributed by atoms with van der Waals surface area (Å²) in [5.74, 6) is 1.73. The number of aliphatic carboxylic acids is 1. The van der Waals surface area contributed by atoms with Gasteiger partial charge in [0.15, 0.2) is 9.84 Å². The van der Waals surface area contributed by atoms with Gasteiger partial charge in [0.25, 0.3) is 0 Å². The van der Waals surface area contributed by atoms with E-state index < -0.39 is 27.1 Å². The Kier molecular flexibility index (Phi) is 6.05. The third kappa shape index (κ3) is 3.94. The molecule has 2 aliphatic heterocycles. The van der Waals surface area contributed by atoms with E-state index in [1.54, 1.807) is 17.0 Å². The standard InChI is InChI=1S/C20H24ClN3O4S2/c1-13-10-19(24(22-13)14-6-8-29-9-7-14)23-12-15(11-17(23)20(25)26)30(27,28)18-5-3-2-4-16(18)21/h2-5,10,14-15,17H,6-9,11-12H2,1H3,(H,25,26)/t15-,17+/m1/s1. The van der Waals surface area contributed by atoms with Crippen LogP contribution in [-0.4, -0.2) is 58.6 Å². The summed E-state index contributed by atoms with van der Waals surface area (Å²) in [5.41, 5.74) is 0.796. The molecule has 0 amide bonds. The van der Waals surface area contributed by atoms with Crippen molar-refractivity contribution in [3.8, 4) is 0 Å². The number of anilines is 1. The smallest absolute Gasteiger partial charge is 0.326 e. The van der Waals surface area contributed by atoms with Crippen LogP contribution in [0.25, 0.3) is 0 Å². The minimum absolute atomic E-state index is 0.00758. The molecule has 0 unspecified atom stereocenters. The number of sulfone groups is 1. The Morgan fingerprint density at radius 2 is 1.97 bits per heavy atom. The summed E-state index contributed by atoms with van der Waals surface area (Å²) in [7, 11) is -3.78. The number of aryl methyl sites for hydroxylation is 1. The molecule has 1 aromatic heterocycles. The van der Waals surface area contributed by atoms with E-state index in [4.69, 9.17) is 11.6 Å². The van der Waals surface area contributed by atoms with Gasteiger partial charge < -0.3 is 10.0 Å². The van der Waals surface area contributed by atoms with Crippen molar-refractivity contribution in [2.45, 2.75) is 48.4 Å². The van der Waals surface area contributed by atoms with Gasteiger partial charge in [0.05, 0.1) is 26.9 Å². The molecule has 0 spiro atoms. The molecule has 7 nitrogen and oxygen atoms in total. The number of hydrogen-bond acceptors (Lipinski definition) is 6. The van der Waals surface area contributed by atoms with E-state index in [0.717, 1.165) is 30.0 Å². The summed E-state index contributed by atoms with van der Waals surface area (Å²) in [4.78, 5) is 13.8. The Balaban J connectivity index is 1.69. The van der Waals surface area contributed by atoms with Gasteiger partial charge in [-0.05, 0) is 49.8 Å². The van der Waals surface area contributed by atoms with Gasteiger partial charge in [0, 0.05) is 12.6 Å². The lowest BCUT2D eigenvalue weighted by atomic mass is 10.1. The van der Waals surface area contributed by atoms with Gasteiger partial charge in [0.1, 0.15) is 11.9 Å². The van der Waals surface area contributed by atoms with Gasteiger partial charge in [-0.25, -0.2) is 17.9 Å². The van der Waals surface area contributed by atoms with E-state index in [0.29, 0.717) is 5.82 Å². The predicted octanol–water partition coefficient (Wildman–Crippen LogP) is 3.42. The highest BCUT2D eigenvalue weighted by atomic mass is 35.5. The molecule has 0 saturated carbocycles. The van der Waals surface area contributed by atoms with Crippen molar-refractivity contribution in [2.75, 3.05) is 23.0 Å². The zero-order chi connectivity index (χ0) is 21.5. The van der Waals surface area contributed by atoms with Crippen molar-refractivity contribution >= 4 is 45.0 Å². The van der Waals surface area contributed by atoms with E-state index in [2.05, 4.69) is 5.10 Å². The Morgan fingerprint density at radius 1 is 1.27 bits per heavy atom. The number of carboxylic acid groups (broad SMARTS) is 1. The highest BCUT2D eigenvalue weighted by Crippen LogP contribution is 2.37. The highest BCUT2D eigenvalue weighted by molar-refractivity contribution is 7.99. The van der Waals surface area contributed by atoms with Crippen LogP contribution in [0.2, 0.25) is 5.02 Å². The lowest BCUT2D eigenvalue weighted by molar-refractivity contribution is -0.138. The molecule has 0 aliphatic carbocycles. The number of carboxylic acids is 1. The SMILES string of the molecule is Cc1cc(N2C[C@H](S(=O)(=O)c3ccccc3Cl)C[C@H]2C(=O)O)n(C2CCSCC2)n1. The van der Waals surface area contributed by atoms with Gasteiger partial charge in [-0.3, -0.25) is 0 Å². The van der Waals surface area contributed by atoms with Crippen molar-refractivity contribution in [1.29, 1.82) is 0 Å². The fraction of sp³-hybridized carbons (Fsp3) is 0.500. The predicted molar refractivity (Wildman–Crippen MR) is 118 cm³/mol. The third-order valence-electron chi connectivity index (χ3n) is 5.80. The number of aromatic nitrogens is 2. The van der Waals surface area contributed by atoms with E-state index in [9.17, 15) is 18.3 Å². The van der Waals surface area contributed by atoms with Crippen molar-refractivity contribution in [1.82, 2.24) is 9.78 Å². The fourth-order valence-corrected chi connectivity index (χ4v) is 7.58. The molecule has 2 aliphatic rings. The first-order valence-electron chi connectivity index (χ1n) is 9.91. The minimum Gasteiger partial charge on any atom is -0.480 e. The first kappa shape index (κ1) is 21.5. The molecule has 10 heteroatoms. The number of hydrogen-bond donors (Lipinski definition) is 1. The fourth-order valence-electron chi connectivity index (χ4n) is 4.28. The number of nitrogens with zero attached hydrogens (tertiary/aromatic N) is 3. The van der Waals surface area contributed by atoms with E-state index in [1.165, 1.54) is 12.1 Å². The Bertz CT molecular complexity index is 1050. The number of rotatable bonds is 5. The van der Waals surface area contributed by atoms with Crippen LogP contribution < -0.4 is 4.90 Å². The summed E-state index contributed by atoms with van der Waals surface area (Å²) < 4.78 is 28.4. The first-order valence-corrected chi connectivity index (χ1v) is 13.0. The van der Waals surface area contributed by atoms with Gasteiger partial charge in [-0.1, -0.05) is 23.7 Å². The van der Waals surface area contributed by atoms with Crippen LogP contribution in [0.4, 0.5) is 5.82 Å². The van der Waals surface area contributed by atoms with Crippen LogP contribution in [0.3, 0.4) is 0 Å². The molecule has 2 aromatic rings. The lowest BCUT2D eigenvalue weighted by Gasteiger charge is -2.29. The Hall–Kier alpha value is -1.71. The van der Waals surface area contributed by atoms with Crippen molar-refractivity contribution in [2.24, 2.45) is 0 Å². The van der Waals surface area contributed by atoms with Crippen molar-refractivity contribution < 1.29 is 18.3 Å². The molecule has 30 heavy (non-hydrogen) atoms. The van der Waals surface area contributed by atoms with E-state index in [-0.39, 0.29) is 28.9 Å². The Labute approximate surface area is 185 Å². The summed E-state index contributed by atoms with van der Waals surface area (Å²) in [5, 5.41) is 13.8. The van der Waals surface area contributed by atoms with Crippen LogP contribution in [0.1, 0.15) is 31.0 Å². The zero-order valence-corrected chi connectivity index (χ0v) is 19.0. The average molecular weight is 470 g/mol. The second kappa shape index (κ2) is 8.43. The molecule has 3 heterocycles. The van der Waals surface area contributed by atoms with Crippen LogP contribution >= 0.6 is 23.4 Å². The maximum atomic E-state index is 13.3. The molecule has 0 radical (unpaired) electrons. The van der Waals surface area contributed by atoms with E-state index >= 15 is 0 Å². The number of thioether (sulfide) groups is 1. The third-order valence-corrected chi connectivity index (χ3v) is 9.48. The number of benzene rings is 1. The summed E-state index contributed by atoms with van der Waals surface area (Å²) in [6, 6.07) is 7.44. The van der Waals surface area contributed by atoms with Crippen molar-refractivity contribution in [3.63, 3.8) is 0 Å². The second-order valence-electron chi connectivity index (χ2n) is 7.77. The molecule has 1 N–H and O–H groups in total. The maximum Gasteiger partial charge on any atom is 0.326 e. The molecular weight excluding hydrogens is 446 g/mol. The molecule has 4 rings (SSSR count). The molecule has 162 valence electrons. The molecule has 2 saturated heterocycles. The maximum absolute atomic E-state index is 13.3. The highest BCUT2D eigenvalue weighted by Gasteiger charge is 2.45. The lowest BCUT2D eigenvalue weighted by Crippen LogP contribution is -2.38. The number of halogens is 1. The van der Waals surface area contributed by atoms with Crippen molar-refractivity contribution in [3.05, 3.63) is 41.0 Å². The normalized spacial score (nSPS) is 23.1. The van der Waals surface area contributed by atoms with Gasteiger partial charge >= 0.3 is 5.97 Å². The Morgan fingerprint density at radius 3 is 2.63 bits per heavy atom. The van der Waals surface area contributed by atoms with E-state index in [1.807, 2.05) is 29.4 Å². The molecule has 0 bridgehead atoms. The quantitative estimate of drug-likeness (QED) is 0.717. The average Bonchev–Trinajstić information content (AvgIpc) is 3.33. The summed E-state index contributed by atoms with van der Waals surface area (Å²) in [6.45, 7) is 1.97.